The minimum absolute atomic E-state index is 0.525. The van der Waals surface area contributed by atoms with E-state index in [0.717, 1.165) is 21.9 Å². The van der Waals surface area contributed by atoms with Gasteiger partial charge in [-0.3, -0.25) is 0 Å². The number of benzene rings is 1. The lowest BCUT2D eigenvalue weighted by atomic mass is 10.2. The maximum absolute atomic E-state index is 5.72. The zero-order valence-corrected chi connectivity index (χ0v) is 11.1. The highest BCUT2D eigenvalue weighted by atomic mass is 35.5. The van der Waals surface area contributed by atoms with Crippen molar-refractivity contribution in [3.05, 3.63) is 46.8 Å². The first-order chi connectivity index (χ1) is 8.31. The second kappa shape index (κ2) is 6.05. The van der Waals surface area contributed by atoms with Crippen molar-refractivity contribution in [2.24, 2.45) is 0 Å². The van der Waals surface area contributed by atoms with Gasteiger partial charge in [0.05, 0.1) is 6.61 Å². The second-order valence-corrected chi connectivity index (χ2v) is 4.73. The molecule has 0 fully saturated rings. The van der Waals surface area contributed by atoms with Crippen molar-refractivity contribution in [1.82, 2.24) is 0 Å². The average Bonchev–Trinajstić information content (AvgIpc) is 2.78. The average molecular weight is 269 g/mol. The molecule has 0 aliphatic heterocycles. The van der Waals surface area contributed by atoms with Crippen LogP contribution in [0.15, 0.2) is 35.7 Å². The highest BCUT2D eigenvalue weighted by molar-refractivity contribution is 7.12. The van der Waals surface area contributed by atoms with Crippen LogP contribution >= 0.6 is 22.9 Å². The molecule has 0 aliphatic rings. The number of rotatable bonds is 5. The fraction of sp³-hybridized carbons (Fsp3) is 0.231. The van der Waals surface area contributed by atoms with Gasteiger partial charge >= 0.3 is 0 Å². The molecule has 1 heterocycles. The van der Waals surface area contributed by atoms with Crippen molar-refractivity contribution >= 4 is 22.9 Å². The summed E-state index contributed by atoms with van der Waals surface area (Å²) in [7, 11) is 1.68. The topological polar surface area (TPSA) is 18.5 Å². The molecule has 0 saturated heterocycles. The van der Waals surface area contributed by atoms with Crippen LogP contribution in [0.4, 0.5) is 0 Å². The predicted molar refractivity (Wildman–Crippen MR) is 71.1 cm³/mol. The molecule has 0 amide bonds. The number of alkyl halides is 1. The summed E-state index contributed by atoms with van der Waals surface area (Å²) in [5.41, 5.74) is 2.22. The summed E-state index contributed by atoms with van der Waals surface area (Å²) in [5, 5.41) is 2.90. The van der Waals surface area contributed by atoms with Crippen LogP contribution in [0.3, 0.4) is 0 Å². The SMILES string of the molecule is COCc1csc(Oc2ccc(CCl)cc2)c1. The van der Waals surface area contributed by atoms with E-state index < -0.39 is 0 Å². The standard InChI is InChI=1S/C13H13ClO2S/c1-15-8-11-6-13(17-9-11)16-12-4-2-10(7-14)3-5-12/h2-6,9H,7-8H2,1H3. The molecule has 0 bridgehead atoms. The summed E-state index contributed by atoms with van der Waals surface area (Å²) in [4.78, 5) is 0. The van der Waals surface area contributed by atoms with E-state index in [1.165, 1.54) is 0 Å². The fourth-order valence-electron chi connectivity index (χ4n) is 1.41. The molecule has 0 aliphatic carbocycles. The molecular formula is C13H13ClO2S. The summed E-state index contributed by atoms with van der Waals surface area (Å²) in [6, 6.07) is 9.77. The molecule has 1 aromatic heterocycles. The second-order valence-electron chi connectivity index (χ2n) is 3.59. The van der Waals surface area contributed by atoms with Gasteiger partial charge in [-0.1, -0.05) is 12.1 Å². The van der Waals surface area contributed by atoms with Crippen LogP contribution in [-0.2, 0) is 17.2 Å². The van der Waals surface area contributed by atoms with Crippen LogP contribution in [0.25, 0.3) is 0 Å². The van der Waals surface area contributed by atoms with Gasteiger partial charge in [0.2, 0.25) is 0 Å². The van der Waals surface area contributed by atoms with Gasteiger partial charge in [0.15, 0.2) is 5.06 Å². The maximum Gasteiger partial charge on any atom is 0.181 e. The highest BCUT2D eigenvalue weighted by Crippen LogP contribution is 2.29. The third-order valence-electron chi connectivity index (χ3n) is 2.24. The van der Waals surface area contributed by atoms with Gasteiger partial charge in [0.1, 0.15) is 5.75 Å². The Kier molecular flexibility index (Phi) is 4.42. The third kappa shape index (κ3) is 3.46. The predicted octanol–water partition coefficient (Wildman–Crippen LogP) is 4.43. The molecule has 0 unspecified atom stereocenters. The zero-order valence-electron chi connectivity index (χ0n) is 9.48. The van der Waals surface area contributed by atoms with Crippen LogP contribution in [0, 0.1) is 0 Å². The third-order valence-corrected chi connectivity index (χ3v) is 3.40. The first-order valence-corrected chi connectivity index (χ1v) is 6.62. The minimum atomic E-state index is 0.525. The molecule has 17 heavy (non-hydrogen) atoms. The van der Waals surface area contributed by atoms with E-state index in [-0.39, 0.29) is 0 Å². The molecule has 0 N–H and O–H groups in total. The molecule has 2 aromatic rings. The normalized spacial score (nSPS) is 10.5. The Morgan fingerprint density at radius 1 is 1.18 bits per heavy atom. The molecule has 0 radical (unpaired) electrons. The van der Waals surface area contributed by atoms with E-state index in [4.69, 9.17) is 21.1 Å². The van der Waals surface area contributed by atoms with E-state index in [1.807, 2.05) is 35.7 Å². The highest BCUT2D eigenvalue weighted by Gasteiger charge is 2.02. The maximum atomic E-state index is 5.72. The largest absolute Gasteiger partial charge is 0.447 e. The van der Waals surface area contributed by atoms with Gasteiger partial charge < -0.3 is 9.47 Å². The van der Waals surface area contributed by atoms with Crippen molar-refractivity contribution in [1.29, 1.82) is 0 Å². The van der Waals surface area contributed by atoms with Gasteiger partial charge in [0, 0.05) is 18.4 Å². The summed E-state index contributed by atoms with van der Waals surface area (Å²) >= 11 is 7.29. The lowest BCUT2D eigenvalue weighted by Crippen LogP contribution is -1.84. The van der Waals surface area contributed by atoms with E-state index in [1.54, 1.807) is 18.4 Å². The Balaban J connectivity index is 2.03. The van der Waals surface area contributed by atoms with E-state index in [2.05, 4.69) is 0 Å². The molecule has 4 heteroatoms. The minimum Gasteiger partial charge on any atom is -0.447 e. The Labute approximate surface area is 110 Å². The van der Waals surface area contributed by atoms with Crippen molar-refractivity contribution in [2.45, 2.75) is 12.5 Å². The number of halogens is 1. The van der Waals surface area contributed by atoms with E-state index >= 15 is 0 Å². The molecular weight excluding hydrogens is 256 g/mol. The monoisotopic (exact) mass is 268 g/mol. The van der Waals surface area contributed by atoms with Crippen molar-refractivity contribution < 1.29 is 9.47 Å². The van der Waals surface area contributed by atoms with E-state index in [0.29, 0.717) is 12.5 Å². The van der Waals surface area contributed by atoms with Crippen LogP contribution < -0.4 is 4.74 Å². The quantitative estimate of drug-likeness (QED) is 0.747. The van der Waals surface area contributed by atoms with Crippen LogP contribution in [-0.4, -0.2) is 7.11 Å². The lowest BCUT2D eigenvalue weighted by molar-refractivity contribution is 0.185. The van der Waals surface area contributed by atoms with Crippen LogP contribution in [0.5, 0.6) is 10.8 Å². The Hall–Kier alpha value is -1.03. The molecule has 0 spiro atoms. The number of ether oxygens (including phenoxy) is 2. The van der Waals surface area contributed by atoms with Crippen molar-refractivity contribution in [3.63, 3.8) is 0 Å². The van der Waals surface area contributed by atoms with Crippen molar-refractivity contribution in [2.75, 3.05) is 7.11 Å². The number of hydrogen-bond donors (Lipinski definition) is 0. The van der Waals surface area contributed by atoms with Crippen molar-refractivity contribution in [3.8, 4) is 10.8 Å². The first-order valence-electron chi connectivity index (χ1n) is 5.21. The zero-order chi connectivity index (χ0) is 12.1. The fourth-order valence-corrected chi connectivity index (χ4v) is 2.36. The van der Waals surface area contributed by atoms with E-state index in [9.17, 15) is 0 Å². The van der Waals surface area contributed by atoms with Gasteiger partial charge in [-0.2, -0.15) is 0 Å². The molecule has 1 aromatic carbocycles. The number of thiophene rings is 1. The summed E-state index contributed by atoms with van der Waals surface area (Å²) in [6.45, 7) is 0.616. The van der Waals surface area contributed by atoms with Crippen LogP contribution in [0.1, 0.15) is 11.1 Å². The smallest absolute Gasteiger partial charge is 0.181 e. The summed E-state index contributed by atoms with van der Waals surface area (Å²) in [6.07, 6.45) is 0. The summed E-state index contributed by atoms with van der Waals surface area (Å²) < 4.78 is 10.8. The molecule has 90 valence electrons. The number of methoxy groups -OCH3 is 1. The Morgan fingerprint density at radius 2 is 1.94 bits per heavy atom. The van der Waals surface area contributed by atoms with Gasteiger partial charge in [0.25, 0.3) is 0 Å². The Morgan fingerprint density at radius 3 is 2.59 bits per heavy atom. The molecule has 2 rings (SSSR count). The molecule has 0 saturated carbocycles. The molecule has 2 nitrogen and oxygen atoms in total. The molecule has 0 atom stereocenters. The summed E-state index contributed by atoms with van der Waals surface area (Å²) in [5.74, 6) is 1.35. The first kappa shape index (κ1) is 12.4. The van der Waals surface area contributed by atoms with Crippen LogP contribution in [0.2, 0.25) is 0 Å². The lowest BCUT2D eigenvalue weighted by Gasteiger charge is -2.03. The van der Waals surface area contributed by atoms with Gasteiger partial charge in [-0.05, 0) is 29.3 Å². The number of hydrogen-bond acceptors (Lipinski definition) is 3. The van der Waals surface area contributed by atoms with Gasteiger partial charge in [-0.25, -0.2) is 0 Å². The Bertz CT molecular complexity index is 465. The van der Waals surface area contributed by atoms with Gasteiger partial charge in [-0.15, -0.1) is 22.9 Å².